The summed E-state index contributed by atoms with van der Waals surface area (Å²) in [5.41, 5.74) is 1.86. The molecule has 5 heteroatoms. The maximum Gasteiger partial charge on any atom is 0.305 e. The molecule has 122 valence electrons. The number of hydrogen-bond acceptors (Lipinski definition) is 4. The highest BCUT2D eigenvalue weighted by Crippen LogP contribution is 2.33. The number of aliphatic imine (C=N–C) groups is 1. The van der Waals surface area contributed by atoms with Crippen LogP contribution in [0.1, 0.15) is 44.1 Å². The van der Waals surface area contributed by atoms with Crippen molar-refractivity contribution in [3.63, 3.8) is 0 Å². The zero-order valence-electron chi connectivity index (χ0n) is 13.2. The van der Waals surface area contributed by atoms with E-state index in [9.17, 15) is 14.7 Å². The normalized spacial score (nSPS) is 22.2. The molecule has 5 nitrogen and oxygen atoms in total. The molecule has 0 radical (unpaired) electrons. The van der Waals surface area contributed by atoms with Crippen LogP contribution in [0.2, 0.25) is 0 Å². The van der Waals surface area contributed by atoms with Crippen LogP contribution in [-0.4, -0.2) is 34.2 Å². The zero-order valence-corrected chi connectivity index (χ0v) is 13.2. The number of carbonyl (C=O) groups is 2. The third-order valence-corrected chi connectivity index (χ3v) is 3.96. The highest BCUT2D eigenvalue weighted by molar-refractivity contribution is 6.24. The van der Waals surface area contributed by atoms with Gasteiger partial charge in [0.1, 0.15) is 5.76 Å². The minimum atomic E-state index is -0.929. The quantitative estimate of drug-likeness (QED) is 0.645. The van der Waals surface area contributed by atoms with Crippen LogP contribution < -0.4 is 0 Å². The molecule has 0 amide bonds. The van der Waals surface area contributed by atoms with E-state index in [-0.39, 0.29) is 36.0 Å². The van der Waals surface area contributed by atoms with Crippen molar-refractivity contribution in [1.29, 1.82) is 0 Å². The van der Waals surface area contributed by atoms with E-state index >= 15 is 0 Å². The fourth-order valence-electron chi connectivity index (χ4n) is 2.79. The van der Waals surface area contributed by atoms with Crippen molar-refractivity contribution in [1.82, 2.24) is 0 Å². The van der Waals surface area contributed by atoms with Gasteiger partial charge < -0.3 is 10.2 Å². The van der Waals surface area contributed by atoms with Crippen LogP contribution in [0.3, 0.4) is 0 Å². The molecule has 0 aromatic heterocycles. The first-order valence-electron chi connectivity index (χ1n) is 7.78. The Bertz CT molecular complexity index is 646. The number of allylic oxidation sites excluding steroid dienone is 2. The number of benzene rings is 1. The summed E-state index contributed by atoms with van der Waals surface area (Å²) < 4.78 is 0. The van der Waals surface area contributed by atoms with Gasteiger partial charge in [-0.05, 0) is 17.9 Å². The number of nitrogens with zero attached hydrogens (tertiary/aromatic N) is 1. The van der Waals surface area contributed by atoms with Gasteiger partial charge in [-0.25, -0.2) is 0 Å². The van der Waals surface area contributed by atoms with Crippen LogP contribution in [-0.2, 0) is 9.59 Å². The number of carboxylic acid groups (broad SMARTS) is 1. The van der Waals surface area contributed by atoms with Gasteiger partial charge in [0.15, 0.2) is 5.78 Å². The lowest BCUT2D eigenvalue weighted by Crippen LogP contribution is -2.27. The number of ketones is 1. The molecular formula is C18H21NO4. The zero-order chi connectivity index (χ0) is 16.8. The van der Waals surface area contributed by atoms with Crippen LogP contribution in [0.5, 0.6) is 0 Å². The fourth-order valence-corrected chi connectivity index (χ4v) is 2.79. The van der Waals surface area contributed by atoms with Crippen molar-refractivity contribution in [3.8, 4) is 0 Å². The Balaban J connectivity index is 2.30. The maximum absolute atomic E-state index is 12.5. The Hall–Kier alpha value is -2.43. The van der Waals surface area contributed by atoms with Gasteiger partial charge in [-0.1, -0.05) is 37.3 Å². The van der Waals surface area contributed by atoms with Crippen LogP contribution >= 0.6 is 0 Å². The first-order valence-corrected chi connectivity index (χ1v) is 7.78. The summed E-state index contributed by atoms with van der Waals surface area (Å²) in [6.07, 6.45) is 1.14. The summed E-state index contributed by atoms with van der Waals surface area (Å²) >= 11 is 0. The van der Waals surface area contributed by atoms with Crippen molar-refractivity contribution in [2.24, 2.45) is 4.99 Å². The van der Waals surface area contributed by atoms with Gasteiger partial charge in [0, 0.05) is 25.1 Å². The SMILES string of the molecule is CC/C(O)=C1/C(=O)CC(c2ccccc2)CC1=NCCC(=O)O. The number of carboxylic acids is 1. The lowest BCUT2D eigenvalue weighted by atomic mass is 9.79. The van der Waals surface area contributed by atoms with Crippen molar-refractivity contribution in [3.05, 3.63) is 47.2 Å². The van der Waals surface area contributed by atoms with E-state index in [0.29, 0.717) is 25.0 Å². The number of aliphatic hydroxyl groups is 1. The van der Waals surface area contributed by atoms with Crippen molar-refractivity contribution in [2.45, 2.75) is 38.5 Å². The van der Waals surface area contributed by atoms with Gasteiger partial charge in [0.05, 0.1) is 12.0 Å². The molecule has 1 aliphatic rings. The van der Waals surface area contributed by atoms with E-state index in [0.717, 1.165) is 5.56 Å². The van der Waals surface area contributed by atoms with Crippen LogP contribution in [0, 0.1) is 0 Å². The van der Waals surface area contributed by atoms with E-state index in [1.54, 1.807) is 6.92 Å². The smallest absolute Gasteiger partial charge is 0.305 e. The number of carbonyl (C=O) groups excluding carboxylic acids is 1. The minimum Gasteiger partial charge on any atom is -0.512 e. The molecule has 0 saturated heterocycles. The number of hydrogen-bond donors (Lipinski definition) is 2. The second-order valence-corrected chi connectivity index (χ2v) is 5.59. The topological polar surface area (TPSA) is 87.0 Å². The third-order valence-electron chi connectivity index (χ3n) is 3.96. The molecule has 1 atom stereocenters. The first kappa shape index (κ1) is 16.9. The van der Waals surface area contributed by atoms with Crippen LogP contribution in [0.15, 0.2) is 46.7 Å². The van der Waals surface area contributed by atoms with E-state index in [1.165, 1.54) is 0 Å². The Morgan fingerprint density at radius 2 is 1.91 bits per heavy atom. The average molecular weight is 315 g/mol. The lowest BCUT2D eigenvalue weighted by Gasteiger charge is -2.25. The molecule has 1 aliphatic carbocycles. The molecule has 2 rings (SSSR count). The highest BCUT2D eigenvalue weighted by Gasteiger charge is 2.31. The molecule has 0 spiro atoms. The molecule has 1 fully saturated rings. The van der Waals surface area contributed by atoms with E-state index in [1.807, 2.05) is 30.3 Å². The van der Waals surface area contributed by atoms with Gasteiger partial charge >= 0.3 is 5.97 Å². The van der Waals surface area contributed by atoms with Gasteiger partial charge in [-0.15, -0.1) is 0 Å². The summed E-state index contributed by atoms with van der Waals surface area (Å²) in [4.78, 5) is 27.4. The number of aliphatic carboxylic acids is 1. The lowest BCUT2D eigenvalue weighted by molar-refractivity contribution is -0.136. The van der Waals surface area contributed by atoms with Gasteiger partial charge in [0.2, 0.25) is 0 Å². The van der Waals surface area contributed by atoms with Gasteiger partial charge in [-0.2, -0.15) is 0 Å². The van der Waals surface area contributed by atoms with Crippen LogP contribution in [0.4, 0.5) is 0 Å². The predicted octanol–water partition coefficient (Wildman–Crippen LogP) is 3.27. The van der Waals surface area contributed by atoms with E-state index < -0.39 is 5.97 Å². The molecule has 0 aliphatic heterocycles. The minimum absolute atomic E-state index is 0.0145. The molecule has 1 aromatic carbocycles. The molecule has 0 heterocycles. The van der Waals surface area contributed by atoms with Gasteiger partial charge in [-0.3, -0.25) is 14.6 Å². The van der Waals surface area contributed by atoms with E-state index in [2.05, 4.69) is 4.99 Å². The molecule has 1 unspecified atom stereocenters. The Kier molecular flexibility index (Phi) is 5.68. The van der Waals surface area contributed by atoms with Crippen LogP contribution in [0.25, 0.3) is 0 Å². The Labute approximate surface area is 135 Å². The maximum atomic E-state index is 12.5. The second kappa shape index (κ2) is 7.72. The third kappa shape index (κ3) is 4.28. The molecule has 2 N–H and O–H groups in total. The monoisotopic (exact) mass is 315 g/mol. The Morgan fingerprint density at radius 3 is 2.52 bits per heavy atom. The number of Topliss-reactive ketones (excluding diaryl/α,β-unsaturated/α-hetero) is 1. The summed E-state index contributed by atoms with van der Waals surface area (Å²) in [7, 11) is 0. The molecular weight excluding hydrogens is 294 g/mol. The predicted molar refractivity (Wildman–Crippen MR) is 87.9 cm³/mol. The van der Waals surface area contributed by atoms with Crippen molar-refractivity contribution in [2.75, 3.05) is 6.54 Å². The molecule has 1 aromatic rings. The van der Waals surface area contributed by atoms with Crippen molar-refractivity contribution < 1.29 is 19.8 Å². The number of aliphatic hydroxyl groups excluding tert-OH is 1. The van der Waals surface area contributed by atoms with E-state index in [4.69, 9.17) is 5.11 Å². The molecule has 1 saturated carbocycles. The van der Waals surface area contributed by atoms with Crippen molar-refractivity contribution >= 4 is 17.5 Å². The first-order chi connectivity index (χ1) is 11.0. The summed E-state index contributed by atoms with van der Waals surface area (Å²) in [6.45, 7) is 1.88. The summed E-state index contributed by atoms with van der Waals surface area (Å²) in [6, 6.07) is 9.72. The van der Waals surface area contributed by atoms with Gasteiger partial charge in [0.25, 0.3) is 0 Å². The standard InChI is InChI=1S/C18H21NO4/c1-2-15(20)18-14(19-9-8-17(22)23)10-13(11-16(18)21)12-6-4-3-5-7-12/h3-7,13,20H,2,8-11H2,1H3,(H,22,23)/b18-15-,19-14?. The molecule has 23 heavy (non-hydrogen) atoms. The number of rotatable bonds is 5. The largest absolute Gasteiger partial charge is 0.512 e. The average Bonchev–Trinajstić information content (AvgIpc) is 2.54. The summed E-state index contributed by atoms with van der Waals surface area (Å²) in [5, 5.41) is 18.8. The fraction of sp³-hybridized carbons (Fsp3) is 0.389. The summed E-state index contributed by atoms with van der Waals surface area (Å²) in [5.74, 6) is -1.00. The Morgan fingerprint density at radius 1 is 1.22 bits per heavy atom. The highest BCUT2D eigenvalue weighted by atomic mass is 16.4. The second-order valence-electron chi connectivity index (χ2n) is 5.59. The molecule has 0 bridgehead atoms.